The minimum Gasteiger partial charge on any atom is -0.314 e. The van der Waals surface area contributed by atoms with Crippen molar-refractivity contribution in [2.45, 2.75) is 51.2 Å². The van der Waals surface area contributed by atoms with E-state index in [2.05, 4.69) is 5.32 Å². The number of alkyl halides is 3. The molecule has 118 valence electrons. The lowest BCUT2D eigenvalue weighted by Crippen LogP contribution is -2.30. The predicted octanol–water partition coefficient (Wildman–Crippen LogP) is 4.73. The number of nitrogens with one attached hydrogen (secondary N) is 1. The molecule has 2 unspecified atom stereocenters. The Balaban J connectivity index is 2.20. The standard InChI is InChI=1S/C16H21F4N/c1-10(2)21-9-12-4-3-5-13(12)11-6-7-15(17)14(8-11)16(18,19)20/h6-8,10,12-13,21H,3-5,9H2,1-2H3. The molecule has 2 rings (SSSR count). The van der Waals surface area contributed by atoms with Gasteiger partial charge in [-0.1, -0.05) is 26.3 Å². The second-order valence-corrected chi connectivity index (χ2v) is 6.10. The lowest BCUT2D eigenvalue weighted by molar-refractivity contribution is -0.140. The summed E-state index contributed by atoms with van der Waals surface area (Å²) in [5.41, 5.74) is -0.542. The van der Waals surface area contributed by atoms with Crippen molar-refractivity contribution in [3.63, 3.8) is 0 Å². The maximum absolute atomic E-state index is 13.4. The average Bonchev–Trinajstić information content (AvgIpc) is 2.84. The number of halogens is 4. The van der Waals surface area contributed by atoms with Crippen LogP contribution in [0.4, 0.5) is 17.6 Å². The third-order valence-electron chi connectivity index (χ3n) is 4.17. The Morgan fingerprint density at radius 3 is 2.57 bits per heavy atom. The fourth-order valence-electron chi connectivity index (χ4n) is 3.10. The molecule has 0 saturated heterocycles. The topological polar surface area (TPSA) is 12.0 Å². The minimum absolute atomic E-state index is 0.0814. The van der Waals surface area contributed by atoms with Gasteiger partial charge < -0.3 is 5.32 Å². The number of hydrogen-bond acceptors (Lipinski definition) is 1. The molecule has 5 heteroatoms. The van der Waals surface area contributed by atoms with Crippen LogP contribution in [0.3, 0.4) is 0 Å². The quantitative estimate of drug-likeness (QED) is 0.793. The Morgan fingerprint density at radius 2 is 1.95 bits per heavy atom. The van der Waals surface area contributed by atoms with Gasteiger partial charge in [0, 0.05) is 6.04 Å². The zero-order chi connectivity index (χ0) is 15.6. The molecule has 0 radical (unpaired) electrons. The molecule has 1 nitrogen and oxygen atoms in total. The predicted molar refractivity (Wildman–Crippen MR) is 74.6 cm³/mol. The molecule has 0 heterocycles. The van der Waals surface area contributed by atoms with E-state index in [0.29, 0.717) is 17.5 Å². The van der Waals surface area contributed by atoms with E-state index in [1.165, 1.54) is 6.07 Å². The summed E-state index contributed by atoms with van der Waals surface area (Å²) >= 11 is 0. The van der Waals surface area contributed by atoms with Gasteiger partial charge in [-0.25, -0.2) is 4.39 Å². The second-order valence-electron chi connectivity index (χ2n) is 6.10. The summed E-state index contributed by atoms with van der Waals surface area (Å²) in [6.07, 6.45) is -1.76. The van der Waals surface area contributed by atoms with E-state index in [0.717, 1.165) is 37.9 Å². The Bertz CT molecular complexity index is 482. The van der Waals surface area contributed by atoms with Crippen molar-refractivity contribution < 1.29 is 17.6 Å². The van der Waals surface area contributed by atoms with Crippen LogP contribution in [0.25, 0.3) is 0 Å². The van der Waals surface area contributed by atoms with Crippen molar-refractivity contribution in [3.8, 4) is 0 Å². The minimum atomic E-state index is -4.63. The normalized spacial score (nSPS) is 23.0. The molecule has 0 aromatic heterocycles. The van der Waals surface area contributed by atoms with Crippen molar-refractivity contribution in [1.29, 1.82) is 0 Å². The fourth-order valence-corrected chi connectivity index (χ4v) is 3.10. The molecule has 0 bridgehead atoms. The molecule has 1 fully saturated rings. The summed E-state index contributed by atoms with van der Waals surface area (Å²) in [4.78, 5) is 0. The van der Waals surface area contributed by atoms with Crippen molar-refractivity contribution >= 4 is 0 Å². The van der Waals surface area contributed by atoms with Gasteiger partial charge >= 0.3 is 6.18 Å². The van der Waals surface area contributed by atoms with E-state index in [1.54, 1.807) is 0 Å². The van der Waals surface area contributed by atoms with E-state index >= 15 is 0 Å². The van der Waals surface area contributed by atoms with Gasteiger partial charge in [-0.3, -0.25) is 0 Å². The molecular weight excluding hydrogens is 282 g/mol. The molecule has 21 heavy (non-hydrogen) atoms. The van der Waals surface area contributed by atoms with Gasteiger partial charge in [-0.2, -0.15) is 13.2 Å². The molecule has 1 aliphatic carbocycles. The first kappa shape index (κ1) is 16.3. The molecule has 1 aliphatic rings. The van der Waals surface area contributed by atoms with Crippen LogP contribution in [0.5, 0.6) is 0 Å². The van der Waals surface area contributed by atoms with Crippen LogP contribution in [-0.4, -0.2) is 12.6 Å². The molecular formula is C16H21F4N. The van der Waals surface area contributed by atoms with Crippen LogP contribution in [0.2, 0.25) is 0 Å². The zero-order valence-corrected chi connectivity index (χ0v) is 12.3. The Labute approximate surface area is 122 Å². The molecule has 0 spiro atoms. The van der Waals surface area contributed by atoms with Crippen LogP contribution < -0.4 is 5.32 Å². The molecule has 1 N–H and O–H groups in total. The third-order valence-corrected chi connectivity index (χ3v) is 4.17. The summed E-state index contributed by atoms with van der Waals surface area (Å²) in [5.74, 6) is -0.794. The van der Waals surface area contributed by atoms with Crippen molar-refractivity contribution in [2.75, 3.05) is 6.54 Å². The van der Waals surface area contributed by atoms with Gasteiger partial charge in [-0.15, -0.1) is 0 Å². The fraction of sp³-hybridized carbons (Fsp3) is 0.625. The molecule has 1 aromatic rings. The van der Waals surface area contributed by atoms with Gasteiger partial charge in [0.25, 0.3) is 0 Å². The van der Waals surface area contributed by atoms with Crippen LogP contribution in [0.1, 0.15) is 50.2 Å². The molecule has 2 atom stereocenters. The van der Waals surface area contributed by atoms with Crippen LogP contribution in [-0.2, 0) is 6.18 Å². The smallest absolute Gasteiger partial charge is 0.314 e. The Morgan fingerprint density at radius 1 is 1.24 bits per heavy atom. The Kier molecular flexibility index (Phi) is 4.91. The summed E-state index contributed by atoms with van der Waals surface area (Å²) in [6.45, 7) is 4.88. The van der Waals surface area contributed by atoms with Crippen molar-refractivity contribution in [2.24, 2.45) is 5.92 Å². The number of rotatable bonds is 4. The number of benzene rings is 1. The van der Waals surface area contributed by atoms with Crippen molar-refractivity contribution in [3.05, 3.63) is 35.1 Å². The first-order valence-corrected chi connectivity index (χ1v) is 7.39. The molecule has 0 aliphatic heterocycles. The highest BCUT2D eigenvalue weighted by Crippen LogP contribution is 2.41. The first-order valence-electron chi connectivity index (χ1n) is 7.39. The van der Waals surface area contributed by atoms with Gasteiger partial charge in [0.15, 0.2) is 0 Å². The van der Waals surface area contributed by atoms with E-state index in [-0.39, 0.29) is 5.92 Å². The van der Waals surface area contributed by atoms with Gasteiger partial charge in [0.2, 0.25) is 0 Å². The van der Waals surface area contributed by atoms with Gasteiger partial charge in [-0.05, 0) is 48.9 Å². The van der Waals surface area contributed by atoms with E-state index in [4.69, 9.17) is 0 Å². The summed E-state index contributed by atoms with van der Waals surface area (Å²) in [7, 11) is 0. The summed E-state index contributed by atoms with van der Waals surface area (Å²) < 4.78 is 51.8. The molecule has 0 amide bonds. The van der Waals surface area contributed by atoms with Crippen LogP contribution in [0.15, 0.2) is 18.2 Å². The van der Waals surface area contributed by atoms with Gasteiger partial charge in [0.05, 0.1) is 5.56 Å². The first-order chi connectivity index (χ1) is 9.79. The maximum atomic E-state index is 13.4. The summed E-state index contributed by atoms with van der Waals surface area (Å²) in [6, 6.07) is 3.80. The maximum Gasteiger partial charge on any atom is 0.419 e. The monoisotopic (exact) mass is 303 g/mol. The highest BCUT2D eigenvalue weighted by molar-refractivity contribution is 5.30. The average molecular weight is 303 g/mol. The number of hydrogen-bond donors (Lipinski definition) is 1. The lowest BCUT2D eigenvalue weighted by Gasteiger charge is -2.22. The third kappa shape index (κ3) is 3.96. The SMILES string of the molecule is CC(C)NCC1CCCC1c1ccc(F)c(C(F)(F)F)c1. The molecule has 1 aromatic carbocycles. The van der Waals surface area contributed by atoms with E-state index in [9.17, 15) is 17.6 Å². The van der Waals surface area contributed by atoms with E-state index < -0.39 is 17.6 Å². The van der Waals surface area contributed by atoms with E-state index in [1.807, 2.05) is 13.8 Å². The highest BCUT2D eigenvalue weighted by atomic mass is 19.4. The highest BCUT2D eigenvalue weighted by Gasteiger charge is 2.36. The Hall–Kier alpha value is -1.10. The molecule has 1 saturated carbocycles. The van der Waals surface area contributed by atoms with Crippen LogP contribution >= 0.6 is 0 Å². The van der Waals surface area contributed by atoms with Crippen molar-refractivity contribution in [1.82, 2.24) is 5.32 Å². The largest absolute Gasteiger partial charge is 0.419 e. The summed E-state index contributed by atoms with van der Waals surface area (Å²) in [5, 5.41) is 3.35. The van der Waals surface area contributed by atoms with Gasteiger partial charge in [0.1, 0.15) is 5.82 Å². The lowest BCUT2D eigenvalue weighted by atomic mass is 9.87. The zero-order valence-electron chi connectivity index (χ0n) is 12.3. The van der Waals surface area contributed by atoms with Crippen LogP contribution in [0, 0.1) is 11.7 Å². The second kappa shape index (κ2) is 6.34.